The third-order valence-corrected chi connectivity index (χ3v) is 9.20. The minimum Gasteiger partial charge on any atom is -0.507 e. The van der Waals surface area contributed by atoms with Crippen LogP contribution in [0.1, 0.15) is 28.3 Å². The lowest BCUT2D eigenvalue weighted by atomic mass is 9.84. The fraction of sp³-hybridized carbons (Fsp3) is 0.121. The van der Waals surface area contributed by atoms with Crippen molar-refractivity contribution >= 4 is 31.8 Å². The largest absolute Gasteiger partial charge is 0.507 e. The van der Waals surface area contributed by atoms with E-state index in [1.807, 2.05) is 12.1 Å². The quantitative estimate of drug-likeness (QED) is 0.209. The van der Waals surface area contributed by atoms with Crippen LogP contribution >= 0.6 is 0 Å². The van der Waals surface area contributed by atoms with E-state index in [1.54, 1.807) is 61.6 Å². The van der Waals surface area contributed by atoms with E-state index in [9.17, 15) is 22.7 Å². The highest BCUT2D eigenvalue weighted by atomic mass is 32.2. The number of benzene rings is 4. The number of nitrogens with zero attached hydrogens (tertiary/aromatic N) is 1. The van der Waals surface area contributed by atoms with E-state index >= 15 is 4.39 Å². The zero-order chi connectivity index (χ0) is 30.3. The van der Waals surface area contributed by atoms with Crippen molar-refractivity contribution in [3.63, 3.8) is 0 Å². The smallest absolute Gasteiger partial charge is 0.258 e. The van der Waals surface area contributed by atoms with Gasteiger partial charge in [-0.05, 0) is 60.5 Å². The first-order chi connectivity index (χ1) is 20.7. The molecule has 6 rings (SSSR count). The van der Waals surface area contributed by atoms with Gasteiger partial charge in [0.15, 0.2) is 0 Å². The van der Waals surface area contributed by atoms with Gasteiger partial charge in [0, 0.05) is 41.1 Å². The first kappa shape index (κ1) is 28.3. The molecule has 3 N–H and O–H groups in total. The molecule has 0 saturated carbocycles. The molecular weight excluding hydrogens is 572 g/mol. The van der Waals surface area contributed by atoms with E-state index in [0.717, 1.165) is 23.6 Å². The van der Waals surface area contributed by atoms with Crippen LogP contribution in [0.4, 0.5) is 8.78 Å². The van der Waals surface area contributed by atoms with Crippen molar-refractivity contribution in [1.29, 1.82) is 0 Å². The van der Waals surface area contributed by atoms with Crippen LogP contribution in [0.15, 0.2) is 107 Å². The van der Waals surface area contributed by atoms with Crippen LogP contribution in [0.3, 0.4) is 0 Å². The fourth-order valence-electron chi connectivity index (χ4n) is 5.68. The van der Waals surface area contributed by atoms with Gasteiger partial charge < -0.3 is 14.7 Å². The molecule has 0 aliphatic rings. The number of H-pyrrole nitrogens is 1. The van der Waals surface area contributed by atoms with Crippen LogP contribution in [0.2, 0.25) is 0 Å². The summed E-state index contributed by atoms with van der Waals surface area (Å²) in [7, 11) is -2.27. The maximum absolute atomic E-state index is 15.6. The Morgan fingerprint density at radius 3 is 2.35 bits per heavy atom. The van der Waals surface area contributed by atoms with Crippen LogP contribution in [0, 0.1) is 11.6 Å². The van der Waals surface area contributed by atoms with Gasteiger partial charge in [-0.3, -0.25) is 4.79 Å². The van der Waals surface area contributed by atoms with Crippen molar-refractivity contribution in [1.82, 2.24) is 14.3 Å². The number of hydrogen-bond donors (Lipinski definition) is 3. The molecule has 0 amide bonds. The van der Waals surface area contributed by atoms with Crippen molar-refractivity contribution in [3.05, 3.63) is 141 Å². The summed E-state index contributed by atoms with van der Waals surface area (Å²) in [5, 5.41) is 12.6. The molecule has 0 fully saturated rings. The molecule has 7 nitrogen and oxygen atoms in total. The van der Waals surface area contributed by atoms with Gasteiger partial charge in [-0.15, -0.1) is 0 Å². The number of pyridine rings is 1. The molecule has 0 spiro atoms. The monoisotopic (exact) mass is 599 g/mol. The van der Waals surface area contributed by atoms with Crippen molar-refractivity contribution in [2.45, 2.75) is 17.2 Å². The fourth-order valence-corrected chi connectivity index (χ4v) is 6.74. The summed E-state index contributed by atoms with van der Waals surface area (Å²) in [5.74, 6) is -3.09. The Labute approximate surface area is 246 Å². The minimum absolute atomic E-state index is 0.0217. The number of aromatic amines is 1. The first-order valence-electron chi connectivity index (χ1n) is 13.6. The van der Waals surface area contributed by atoms with Gasteiger partial charge in [0.2, 0.25) is 10.0 Å². The normalized spacial score (nSPS) is 12.6. The number of sulfonamides is 1. The molecule has 6 aromatic rings. The van der Waals surface area contributed by atoms with Gasteiger partial charge >= 0.3 is 0 Å². The molecule has 1 unspecified atom stereocenters. The zero-order valence-corrected chi connectivity index (χ0v) is 23.8. The Kier molecular flexibility index (Phi) is 7.33. The van der Waals surface area contributed by atoms with Crippen molar-refractivity contribution < 1.29 is 22.3 Å². The summed E-state index contributed by atoms with van der Waals surface area (Å²) >= 11 is 0. The SMILES string of the molecule is Cn1c(=O)c(C(c2cc(F)ccc2F)c2[nH]c3ccccc3c2CCNS(=O)(=O)c2ccccc2)c(O)c2ccccc21. The molecule has 0 aliphatic carbocycles. The molecule has 0 bridgehead atoms. The van der Waals surface area contributed by atoms with Crippen LogP contribution in [0.25, 0.3) is 21.8 Å². The van der Waals surface area contributed by atoms with Gasteiger partial charge in [-0.25, -0.2) is 21.9 Å². The number of hydrogen-bond acceptors (Lipinski definition) is 4. The molecule has 2 heterocycles. The summed E-state index contributed by atoms with van der Waals surface area (Å²) < 4.78 is 60.1. The first-order valence-corrected chi connectivity index (χ1v) is 15.1. The number of aryl methyl sites for hydroxylation is 1. The van der Waals surface area contributed by atoms with E-state index in [1.165, 1.54) is 16.7 Å². The van der Waals surface area contributed by atoms with Crippen LogP contribution in [-0.2, 0) is 23.5 Å². The Morgan fingerprint density at radius 1 is 0.907 bits per heavy atom. The molecule has 0 saturated heterocycles. The molecule has 0 aliphatic heterocycles. The standard InChI is InChI=1S/C33H27F2N3O4S/c1-38-28-14-8-6-12-24(28)32(39)30(33(38)40)29(25-19-20(34)15-16-26(25)35)31-23(22-11-5-7-13-27(22)37-31)17-18-36-43(41,42)21-9-3-2-4-10-21/h2-16,19,29,36-37,39H,17-18H2,1H3. The molecule has 4 aromatic carbocycles. The highest BCUT2D eigenvalue weighted by molar-refractivity contribution is 7.89. The number of aromatic hydroxyl groups is 1. The Bertz CT molecular complexity index is 2160. The van der Waals surface area contributed by atoms with Crippen LogP contribution < -0.4 is 10.3 Å². The van der Waals surface area contributed by atoms with E-state index in [2.05, 4.69) is 9.71 Å². The van der Waals surface area contributed by atoms with Crippen molar-refractivity contribution in [3.8, 4) is 5.75 Å². The molecule has 43 heavy (non-hydrogen) atoms. The summed E-state index contributed by atoms with van der Waals surface area (Å²) in [6.45, 7) is -0.0217. The zero-order valence-electron chi connectivity index (χ0n) is 23.0. The highest BCUT2D eigenvalue weighted by Gasteiger charge is 2.32. The lowest BCUT2D eigenvalue weighted by molar-refractivity contribution is 0.468. The molecule has 2 aromatic heterocycles. The second-order valence-electron chi connectivity index (χ2n) is 10.3. The molecule has 1 atom stereocenters. The predicted molar refractivity (Wildman–Crippen MR) is 162 cm³/mol. The average molecular weight is 600 g/mol. The summed E-state index contributed by atoms with van der Waals surface area (Å²) in [6, 6.07) is 24.9. The number of rotatable bonds is 8. The number of para-hydroxylation sites is 2. The Morgan fingerprint density at radius 2 is 1.58 bits per heavy atom. The minimum atomic E-state index is -3.82. The second-order valence-corrected chi connectivity index (χ2v) is 12.0. The predicted octanol–water partition coefficient (Wildman–Crippen LogP) is 5.70. The van der Waals surface area contributed by atoms with E-state index in [-0.39, 0.29) is 34.7 Å². The lowest BCUT2D eigenvalue weighted by Crippen LogP contribution is -2.27. The maximum Gasteiger partial charge on any atom is 0.258 e. The highest BCUT2D eigenvalue weighted by Crippen LogP contribution is 2.42. The van der Waals surface area contributed by atoms with E-state index in [0.29, 0.717) is 27.7 Å². The van der Waals surface area contributed by atoms with Gasteiger partial charge in [-0.2, -0.15) is 0 Å². The summed E-state index contributed by atoms with van der Waals surface area (Å²) in [6.07, 6.45) is 0.146. The van der Waals surface area contributed by atoms with Gasteiger partial charge in [-0.1, -0.05) is 48.5 Å². The topological polar surface area (TPSA) is 104 Å². The molecule has 10 heteroatoms. The number of halogens is 2. The van der Waals surface area contributed by atoms with Crippen LogP contribution in [0.5, 0.6) is 5.75 Å². The van der Waals surface area contributed by atoms with Gasteiger partial charge in [0.1, 0.15) is 17.4 Å². The second kappa shape index (κ2) is 11.1. The Balaban J connectivity index is 1.56. The summed E-state index contributed by atoms with van der Waals surface area (Å²) in [5.41, 5.74) is 1.18. The van der Waals surface area contributed by atoms with Crippen molar-refractivity contribution in [2.75, 3.05) is 6.54 Å². The third kappa shape index (κ3) is 5.09. The van der Waals surface area contributed by atoms with Crippen molar-refractivity contribution in [2.24, 2.45) is 7.05 Å². The lowest BCUT2D eigenvalue weighted by Gasteiger charge is -2.22. The molecule has 218 valence electrons. The summed E-state index contributed by atoms with van der Waals surface area (Å²) in [4.78, 5) is 17.3. The van der Waals surface area contributed by atoms with E-state index in [4.69, 9.17) is 0 Å². The maximum atomic E-state index is 15.6. The van der Waals surface area contributed by atoms with E-state index < -0.39 is 33.1 Å². The van der Waals surface area contributed by atoms with Crippen LogP contribution in [-0.4, -0.2) is 29.6 Å². The number of fused-ring (bicyclic) bond motifs is 2. The number of nitrogens with one attached hydrogen (secondary N) is 2. The third-order valence-electron chi connectivity index (χ3n) is 7.72. The van der Waals surface area contributed by atoms with Gasteiger partial charge in [0.05, 0.1) is 21.9 Å². The number of aromatic nitrogens is 2. The average Bonchev–Trinajstić information content (AvgIpc) is 3.38. The Hall–Kier alpha value is -4.80. The molecule has 0 radical (unpaired) electrons. The van der Waals surface area contributed by atoms with Gasteiger partial charge in [0.25, 0.3) is 5.56 Å². The molecular formula is C33H27F2N3O4S.